The minimum atomic E-state index is 0.319. The first-order valence-electron chi connectivity index (χ1n) is 20.3. The van der Waals surface area contributed by atoms with Crippen molar-refractivity contribution in [3.05, 3.63) is 120 Å². The molecule has 2 N–H and O–H groups in total. The molecule has 4 nitrogen and oxygen atoms in total. The number of carbonyl (C=O) groups is 1. The minimum absolute atomic E-state index is 0.319. The van der Waals surface area contributed by atoms with Gasteiger partial charge in [0, 0.05) is 30.6 Å². The van der Waals surface area contributed by atoms with Gasteiger partial charge in [-0.15, -0.1) is 0 Å². The van der Waals surface area contributed by atoms with Gasteiger partial charge >= 0.3 is 0 Å². The molecule has 7 rings (SSSR count). The zero-order valence-corrected chi connectivity index (χ0v) is 36.6. The molecular weight excluding hydrogens is 823 g/mol. The predicted octanol–water partition coefficient (Wildman–Crippen LogP) is 14.3. The lowest BCUT2D eigenvalue weighted by Crippen LogP contribution is -2.44. The molecule has 3 aromatic rings. The minimum Gasteiger partial charge on any atom is -0.339 e. The number of hydrogen-bond donors (Lipinski definition) is 2. The zero-order chi connectivity index (χ0) is 39.7. The summed E-state index contributed by atoms with van der Waals surface area (Å²) in [4.78, 5) is 14.5. The molecule has 302 valence electrons. The number of rotatable bonds is 10. The van der Waals surface area contributed by atoms with Crippen LogP contribution in [0.4, 0.5) is 0 Å². The highest BCUT2D eigenvalue weighted by molar-refractivity contribution is 6.43. The summed E-state index contributed by atoms with van der Waals surface area (Å²) in [6.07, 6.45) is 29.5. The number of amides is 1. The standard InChI is InChI=1S/C18H21Cl2NO.2C14H17Cl2N/c19-16-10-7-13(12-17(16)20)4-3-6-15-5-1-2-11-21(15)18(22)14-8-9-14;2*15-13-8-7-11(10-14(13)16)4-3-6-12-5-1-2-9-17-12/h3-4,7,10,12,14-15H,1-2,5-6,8-9,11H2;2*3-4,7-8,10,12,17H,1-2,5-6,9H2/b3*4-3+. The maximum absolute atomic E-state index is 12.4. The molecule has 3 unspecified atom stereocenters. The molecule has 1 amide bonds. The summed E-state index contributed by atoms with van der Waals surface area (Å²) in [5, 5.41) is 10.7. The molecule has 4 fully saturated rings. The van der Waals surface area contributed by atoms with Gasteiger partial charge in [-0.05, 0) is 143 Å². The Labute approximate surface area is 365 Å². The maximum Gasteiger partial charge on any atom is 0.225 e. The van der Waals surface area contributed by atoms with E-state index in [9.17, 15) is 4.79 Å². The van der Waals surface area contributed by atoms with Crippen LogP contribution in [0.3, 0.4) is 0 Å². The monoisotopic (exact) mass is 875 g/mol. The number of piperidine rings is 3. The summed E-state index contributed by atoms with van der Waals surface area (Å²) < 4.78 is 0. The van der Waals surface area contributed by atoms with Crippen LogP contribution in [0.25, 0.3) is 18.2 Å². The maximum atomic E-state index is 12.4. The Morgan fingerprint density at radius 1 is 0.536 bits per heavy atom. The van der Waals surface area contributed by atoms with Crippen molar-refractivity contribution in [1.29, 1.82) is 0 Å². The lowest BCUT2D eigenvalue weighted by Gasteiger charge is -2.35. The highest BCUT2D eigenvalue weighted by Crippen LogP contribution is 2.34. The van der Waals surface area contributed by atoms with E-state index in [1.54, 1.807) is 0 Å². The third-order valence-electron chi connectivity index (χ3n) is 10.7. The fraction of sp³-hybridized carbons (Fsp3) is 0.457. The van der Waals surface area contributed by atoms with Crippen molar-refractivity contribution in [1.82, 2.24) is 15.5 Å². The summed E-state index contributed by atoms with van der Waals surface area (Å²) in [6, 6.07) is 18.7. The van der Waals surface area contributed by atoms with Gasteiger partial charge in [-0.2, -0.15) is 0 Å². The zero-order valence-electron chi connectivity index (χ0n) is 32.1. The number of nitrogens with one attached hydrogen (secondary N) is 2. The van der Waals surface area contributed by atoms with Crippen LogP contribution in [0.2, 0.25) is 30.1 Å². The smallest absolute Gasteiger partial charge is 0.225 e. The van der Waals surface area contributed by atoms with Gasteiger partial charge in [0.25, 0.3) is 0 Å². The van der Waals surface area contributed by atoms with Crippen molar-refractivity contribution >= 4 is 93.7 Å². The first kappa shape index (κ1) is 45.1. The Hall–Kier alpha value is -1.99. The molecule has 10 heteroatoms. The quantitative estimate of drug-likeness (QED) is 0.213. The van der Waals surface area contributed by atoms with Gasteiger partial charge in [0.05, 0.1) is 30.1 Å². The van der Waals surface area contributed by atoms with E-state index in [1.165, 1.54) is 44.9 Å². The molecule has 56 heavy (non-hydrogen) atoms. The van der Waals surface area contributed by atoms with Crippen molar-refractivity contribution in [3.63, 3.8) is 0 Å². The van der Waals surface area contributed by atoms with Gasteiger partial charge in [0.1, 0.15) is 0 Å². The van der Waals surface area contributed by atoms with Crippen molar-refractivity contribution in [3.8, 4) is 0 Å². The first-order chi connectivity index (χ1) is 27.2. The molecule has 4 aliphatic rings. The van der Waals surface area contributed by atoms with Crippen LogP contribution in [0.15, 0.2) is 72.8 Å². The molecule has 0 radical (unpaired) electrons. The van der Waals surface area contributed by atoms with Gasteiger partial charge in [0.2, 0.25) is 5.91 Å². The first-order valence-corrected chi connectivity index (χ1v) is 22.5. The number of nitrogens with zero attached hydrogens (tertiary/aromatic N) is 1. The average Bonchev–Trinajstić information content (AvgIpc) is 4.07. The molecule has 0 spiro atoms. The van der Waals surface area contributed by atoms with Crippen LogP contribution in [0.5, 0.6) is 0 Å². The lowest BCUT2D eigenvalue weighted by atomic mass is 9.98. The molecule has 3 atom stereocenters. The van der Waals surface area contributed by atoms with Crippen molar-refractivity contribution in [2.45, 2.75) is 108 Å². The van der Waals surface area contributed by atoms with Crippen molar-refractivity contribution in [2.24, 2.45) is 5.92 Å². The molecule has 3 heterocycles. The van der Waals surface area contributed by atoms with Gasteiger partial charge in [-0.25, -0.2) is 0 Å². The summed E-state index contributed by atoms with van der Waals surface area (Å²) >= 11 is 35.6. The second-order valence-corrected chi connectivity index (χ2v) is 17.6. The fourth-order valence-corrected chi connectivity index (χ4v) is 8.22. The van der Waals surface area contributed by atoms with Gasteiger partial charge in [-0.3, -0.25) is 4.79 Å². The number of carbonyl (C=O) groups excluding carboxylic acids is 1. The van der Waals surface area contributed by atoms with Crippen LogP contribution in [-0.4, -0.2) is 48.6 Å². The third-order valence-corrected chi connectivity index (χ3v) is 12.9. The highest BCUT2D eigenvalue weighted by Gasteiger charge is 2.36. The van der Waals surface area contributed by atoms with Gasteiger partial charge in [-0.1, -0.05) is 137 Å². The predicted molar refractivity (Wildman–Crippen MR) is 244 cm³/mol. The Morgan fingerprint density at radius 2 is 0.964 bits per heavy atom. The number of likely N-dealkylation sites (tertiary alicyclic amines) is 1. The van der Waals surface area contributed by atoms with Gasteiger partial charge in [0.15, 0.2) is 0 Å². The Kier molecular flexibility index (Phi) is 19.5. The van der Waals surface area contributed by atoms with E-state index < -0.39 is 0 Å². The van der Waals surface area contributed by atoms with E-state index in [2.05, 4.69) is 52.0 Å². The van der Waals surface area contributed by atoms with Crippen LogP contribution >= 0.6 is 69.6 Å². The summed E-state index contributed by atoms with van der Waals surface area (Å²) in [6.45, 7) is 3.25. The summed E-state index contributed by atoms with van der Waals surface area (Å²) in [5.74, 6) is 0.701. The molecular formula is C46H55Cl6N3O. The molecule has 0 bridgehead atoms. The Balaban J connectivity index is 0.000000163. The van der Waals surface area contributed by atoms with E-state index in [4.69, 9.17) is 69.6 Å². The molecule has 1 saturated carbocycles. The third kappa shape index (κ3) is 15.6. The second-order valence-electron chi connectivity index (χ2n) is 15.2. The average molecular weight is 879 g/mol. The van der Waals surface area contributed by atoms with Crippen LogP contribution in [0, 0.1) is 5.92 Å². The topological polar surface area (TPSA) is 44.4 Å². The van der Waals surface area contributed by atoms with E-state index >= 15 is 0 Å². The van der Waals surface area contributed by atoms with E-state index in [1.807, 2.05) is 54.6 Å². The van der Waals surface area contributed by atoms with E-state index in [0.717, 1.165) is 81.3 Å². The lowest BCUT2D eigenvalue weighted by molar-refractivity contribution is -0.136. The fourth-order valence-electron chi connectivity index (χ4n) is 7.30. The largest absolute Gasteiger partial charge is 0.339 e. The molecule has 1 aliphatic carbocycles. The number of hydrogen-bond acceptors (Lipinski definition) is 3. The normalized spacial score (nSPS) is 21.5. The van der Waals surface area contributed by atoms with Crippen molar-refractivity contribution < 1.29 is 4.79 Å². The second kappa shape index (κ2) is 24.2. The number of benzene rings is 3. The summed E-state index contributed by atoms with van der Waals surface area (Å²) in [5.41, 5.74) is 3.26. The molecule has 3 aliphatic heterocycles. The van der Waals surface area contributed by atoms with E-state index in [-0.39, 0.29) is 0 Å². The van der Waals surface area contributed by atoms with Crippen LogP contribution in [0.1, 0.15) is 107 Å². The highest BCUT2D eigenvalue weighted by atomic mass is 35.5. The molecule has 3 saturated heterocycles. The van der Waals surface area contributed by atoms with Crippen LogP contribution < -0.4 is 10.6 Å². The SMILES string of the molecule is Clc1ccc(/C=C/CC2CCCCN2)cc1Cl.Clc1ccc(/C=C/CC2CCCCN2)cc1Cl.O=C(C1CC1)N1CCCCC1C/C=C/c1ccc(Cl)c(Cl)c1. The Morgan fingerprint density at radius 3 is 1.36 bits per heavy atom. The molecule has 3 aromatic carbocycles. The summed E-state index contributed by atoms with van der Waals surface area (Å²) in [7, 11) is 0. The number of halogens is 6. The van der Waals surface area contributed by atoms with Gasteiger partial charge < -0.3 is 15.5 Å². The van der Waals surface area contributed by atoms with E-state index in [0.29, 0.717) is 60.1 Å². The van der Waals surface area contributed by atoms with Crippen LogP contribution in [-0.2, 0) is 4.79 Å². The molecule has 0 aromatic heterocycles. The van der Waals surface area contributed by atoms with Crippen molar-refractivity contribution in [2.75, 3.05) is 19.6 Å². The Bertz CT molecular complexity index is 1700.